The standard InChI is InChI=1S/C12H16BrN5/c1-7-3-4-17(6-7)11-8(2)10(14)18-12(16-11)9(13)5-15-18/h5,7H,3-4,6,14H2,1-2H3/t7-/m0/s1. The van der Waals surface area contributed by atoms with E-state index in [0.717, 1.165) is 40.5 Å². The highest BCUT2D eigenvalue weighted by atomic mass is 79.9. The molecule has 0 radical (unpaired) electrons. The topological polar surface area (TPSA) is 59.5 Å². The average Bonchev–Trinajstić information content (AvgIpc) is 2.91. The Morgan fingerprint density at radius 1 is 1.50 bits per heavy atom. The van der Waals surface area contributed by atoms with Crippen molar-refractivity contribution in [1.82, 2.24) is 14.6 Å². The zero-order valence-corrected chi connectivity index (χ0v) is 12.1. The fraction of sp³-hybridized carbons (Fsp3) is 0.500. The van der Waals surface area contributed by atoms with E-state index < -0.39 is 0 Å². The van der Waals surface area contributed by atoms with E-state index in [-0.39, 0.29) is 0 Å². The molecule has 3 rings (SSSR count). The van der Waals surface area contributed by atoms with Gasteiger partial charge in [-0.2, -0.15) is 9.61 Å². The van der Waals surface area contributed by atoms with Crippen LogP contribution in [0.1, 0.15) is 18.9 Å². The molecule has 0 bridgehead atoms. The van der Waals surface area contributed by atoms with Gasteiger partial charge < -0.3 is 10.6 Å². The molecular weight excluding hydrogens is 294 g/mol. The Bertz CT molecular complexity index is 606. The lowest BCUT2D eigenvalue weighted by atomic mass is 10.2. The summed E-state index contributed by atoms with van der Waals surface area (Å²) in [5, 5.41) is 4.23. The van der Waals surface area contributed by atoms with Gasteiger partial charge >= 0.3 is 0 Å². The molecule has 3 heterocycles. The van der Waals surface area contributed by atoms with Gasteiger partial charge in [0.2, 0.25) is 0 Å². The van der Waals surface area contributed by atoms with Crippen LogP contribution in [0.5, 0.6) is 0 Å². The minimum absolute atomic E-state index is 0.667. The fourth-order valence-corrected chi connectivity index (χ4v) is 2.84. The molecule has 5 nitrogen and oxygen atoms in total. The molecule has 2 aromatic rings. The van der Waals surface area contributed by atoms with E-state index >= 15 is 0 Å². The number of nitrogens with zero attached hydrogens (tertiary/aromatic N) is 4. The first-order valence-corrected chi connectivity index (χ1v) is 6.91. The van der Waals surface area contributed by atoms with Crippen LogP contribution < -0.4 is 10.6 Å². The maximum absolute atomic E-state index is 6.15. The molecule has 0 amide bonds. The number of hydrogen-bond acceptors (Lipinski definition) is 4. The summed E-state index contributed by atoms with van der Waals surface area (Å²) in [4.78, 5) is 7.03. The zero-order valence-electron chi connectivity index (χ0n) is 10.5. The molecule has 6 heteroatoms. The average molecular weight is 310 g/mol. The smallest absolute Gasteiger partial charge is 0.173 e. The number of halogens is 1. The summed E-state index contributed by atoms with van der Waals surface area (Å²) in [6, 6.07) is 0. The second kappa shape index (κ2) is 4.12. The van der Waals surface area contributed by atoms with Gasteiger partial charge in [0.1, 0.15) is 11.6 Å². The second-order valence-corrected chi connectivity index (χ2v) is 5.87. The van der Waals surface area contributed by atoms with Crippen molar-refractivity contribution in [3.05, 3.63) is 16.2 Å². The summed E-state index contributed by atoms with van der Waals surface area (Å²) in [5.41, 5.74) is 7.94. The number of nitrogen functional groups attached to an aromatic ring is 1. The van der Waals surface area contributed by atoms with Crippen molar-refractivity contribution >= 4 is 33.2 Å². The van der Waals surface area contributed by atoms with Crippen molar-refractivity contribution in [1.29, 1.82) is 0 Å². The number of nitrogens with two attached hydrogens (primary N) is 1. The normalized spacial score (nSPS) is 19.9. The first-order valence-electron chi connectivity index (χ1n) is 6.12. The highest BCUT2D eigenvalue weighted by Gasteiger charge is 2.23. The van der Waals surface area contributed by atoms with Crippen molar-refractivity contribution in [2.75, 3.05) is 23.7 Å². The highest BCUT2D eigenvalue weighted by Crippen LogP contribution is 2.30. The molecule has 1 fully saturated rings. The fourth-order valence-electron chi connectivity index (χ4n) is 2.49. The molecule has 1 atom stereocenters. The van der Waals surface area contributed by atoms with Crippen LogP contribution in [0.3, 0.4) is 0 Å². The molecule has 0 unspecified atom stereocenters. The van der Waals surface area contributed by atoms with Crippen LogP contribution in [0.15, 0.2) is 10.7 Å². The van der Waals surface area contributed by atoms with Gasteiger partial charge in [-0.15, -0.1) is 0 Å². The molecule has 96 valence electrons. The van der Waals surface area contributed by atoms with E-state index in [1.165, 1.54) is 6.42 Å². The minimum atomic E-state index is 0.667. The predicted molar refractivity (Wildman–Crippen MR) is 75.8 cm³/mol. The number of fused-ring (bicyclic) bond motifs is 1. The Kier molecular flexibility index (Phi) is 2.69. The van der Waals surface area contributed by atoms with Crippen LogP contribution in [-0.4, -0.2) is 27.7 Å². The van der Waals surface area contributed by atoms with Gasteiger partial charge in [0.05, 0.1) is 10.7 Å². The van der Waals surface area contributed by atoms with E-state index in [9.17, 15) is 0 Å². The molecule has 0 spiro atoms. The van der Waals surface area contributed by atoms with Gasteiger partial charge in [-0.1, -0.05) is 6.92 Å². The Balaban J connectivity index is 2.17. The highest BCUT2D eigenvalue weighted by molar-refractivity contribution is 9.10. The van der Waals surface area contributed by atoms with Crippen molar-refractivity contribution in [2.24, 2.45) is 5.92 Å². The minimum Gasteiger partial charge on any atom is -0.383 e. The predicted octanol–water partition coefficient (Wildman–Crippen LogP) is 2.23. The van der Waals surface area contributed by atoms with Crippen molar-refractivity contribution in [3.8, 4) is 0 Å². The summed E-state index contributed by atoms with van der Waals surface area (Å²) in [6.45, 7) is 6.38. The Morgan fingerprint density at radius 2 is 2.28 bits per heavy atom. The summed E-state index contributed by atoms with van der Waals surface area (Å²) < 4.78 is 2.56. The van der Waals surface area contributed by atoms with Gasteiger partial charge in [-0.25, -0.2) is 4.98 Å². The maximum Gasteiger partial charge on any atom is 0.173 e. The molecule has 1 aliphatic rings. The summed E-state index contributed by atoms with van der Waals surface area (Å²) in [6.07, 6.45) is 2.95. The van der Waals surface area contributed by atoms with E-state index in [1.807, 2.05) is 6.92 Å². The van der Waals surface area contributed by atoms with E-state index in [1.54, 1.807) is 10.7 Å². The SMILES string of the molecule is Cc1c(N2CC[C@H](C)C2)nc2c(Br)cnn2c1N. The van der Waals surface area contributed by atoms with Gasteiger partial charge in [0.15, 0.2) is 5.65 Å². The Labute approximate surface area is 114 Å². The molecule has 0 aliphatic carbocycles. The molecular formula is C12H16BrN5. The zero-order chi connectivity index (χ0) is 12.9. The van der Waals surface area contributed by atoms with Gasteiger partial charge in [-0.05, 0) is 35.2 Å². The lowest BCUT2D eigenvalue weighted by Crippen LogP contribution is -2.22. The quantitative estimate of drug-likeness (QED) is 0.877. The van der Waals surface area contributed by atoms with Crippen molar-refractivity contribution < 1.29 is 0 Å². The third kappa shape index (κ3) is 1.67. The molecule has 1 saturated heterocycles. The van der Waals surface area contributed by atoms with E-state index in [4.69, 9.17) is 10.7 Å². The van der Waals surface area contributed by atoms with Crippen LogP contribution in [-0.2, 0) is 0 Å². The molecule has 18 heavy (non-hydrogen) atoms. The first kappa shape index (κ1) is 11.8. The monoisotopic (exact) mass is 309 g/mol. The maximum atomic E-state index is 6.15. The number of hydrogen-bond donors (Lipinski definition) is 1. The molecule has 2 N–H and O–H groups in total. The lowest BCUT2D eigenvalue weighted by molar-refractivity contribution is 0.658. The first-order chi connectivity index (χ1) is 8.58. The van der Waals surface area contributed by atoms with Crippen LogP contribution >= 0.6 is 15.9 Å². The van der Waals surface area contributed by atoms with Gasteiger partial charge in [0, 0.05) is 18.7 Å². The molecule has 2 aromatic heterocycles. The van der Waals surface area contributed by atoms with Gasteiger partial charge in [0.25, 0.3) is 0 Å². The van der Waals surface area contributed by atoms with Crippen molar-refractivity contribution in [3.63, 3.8) is 0 Å². The molecule has 0 saturated carbocycles. The third-order valence-corrected chi connectivity index (χ3v) is 4.14. The number of aromatic nitrogens is 3. The Hall–Kier alpha value is -1.30. The molecule has 1 aliphatic heterocycles. The number of rotatable bonds is 1. The number of anilines is 2. The second-order valence-electron chi connectivity index (χ2n) is 5.01. The largest absolute Gasteiger partial charge is 0.383 e. The van der Waals surface area contributed by atoms with Crippen LogP contribution in [0, 0.1) is 12.8 Å². The summed E-state index contributed by atoms with van der Waals surface area (Å²) >= 11 is 3.46. The lowest BCUT2D eigenvalue weighted by Gasteiger charge is -2.20. The van der Waals surface area contributed by atoms with E-state index in [2.05, 4.69) is 32.9 Å². The summed E-state index contributed by atoms with van der Waals surface area (Å²) in [5.74, 6) is 2.38. The van der Waals surface area contributed by atoms with Gasteiger partial charge in [-0.3, -0.25) is 0 Å². The molecule has 0 aromatic carbocycles. The van der Waals surface area contributed by atoms with E-state index in [0.29, 0.717) is 5.82 Å². The van der Waals surface area contributed by atoms with Crippen LogP contribution in [0.25, 0.3) is 5.65 Å². The van der Waals surface area contributed by atoms with Crippen LogP contribution in [0.4, 0.5) is 11.6 Å². The Morgan fingerprint density at radius 3 is 2.94 bits per heavy atom. The third-order valence-electron chi connectivity index (χ3n) is 3.58. The van der Waals surface area contributed by atoms with Crippen LogP contribution in [0.2, 0.25) is 0 Å². The summed E-state index contributed by atoms with van der Waals surface area (Å²) in [7, 11) is 0. The van der Waals surface area contributed by atoms with Crippen molar-refractivity contribution in [2.45, 2.75) is 20.3 Å².